The average molecular weight is 286 g/mol. The van der Waals surface area contributed by atoms with Crippen LogP contribution in [-0.2, 0) is 6.18 Å². The molecule has 0 bridgehead atoms. The van der Waals surface area contributed by atoms with Gasteiger partial charge in [-0.15, -0.1) is 0 Å². The first-order valence-electron chi connectivity index (χ1n) is 7.29. The summed E-state index contributed by atoms with van der Waals surface area (Å²) in [6.07, 6.45) is 3.51. The molecule has 112 valence electrons. The first-order chi connectivity index (χ1) is 9.50. The highest BCUT2D eigenvalue weighted by molar-refractivity contribution is 5.46. The van der Waals surface area contributed by atoms with E-state index in [1.807, 2.05) is 0 Å². The molecule has 0 unspecified atom stereocenters. The zero-order chi connectivity index (χ0) is 14.6. The maximum absolute atomic E-state index is 12.9. The molecule has 1 N–H and O–H groups in total. The third kappa shape index (κ3) is 3.87. The number of pyridine rings is 1. The summed E-state index contributed by atoms with van der Waals surface area (Å²) in [4.78, 5) is 3.86. The summed E-state index contributed by atoms with van der Waals surface area (Å²) >= 11 is 0. The first-order valence-corrected chi connectivity index (χ1v) is 7.29. The van der Waals surface area contributed by atoms with Crippen molar-refractivity contribution < 1.29 is 13.2 Å². The van der Waals surface area contributed by atoms with Gasteiger partial charge in [0.2, 0.25) is 0 Å². The molecule has 20 heavy (non-hydrogen) atoms. The predicted molar refractivity (Wildman–Crippen MR) is 73.5 cm³/mol. The monoisotopic (exact) mass is 286 g/mol. The topological polar surface area (TPSA) is 24.9 Å². The van der Waals surface area contributed by atoms with Crippen molar-refractivity contribution in [2.45, 2.75) is 57.7 Å². The van der Waals surface area contributed by atoms with Gasteiger partial charge in [0.05, 0.1) is 5.56 Å². The van der Waals surface area contributed by atoms with Crippen molar-refractivity contribution in [3.8, 4) is 0 Å². The number of anilines is 1. The van der Waals surface area contributed by atoms with E-state index in [-0.39, 0.29) is 11.9 Å². The molecule has 0 radical (unpaired) electrons. The fourth-order valence-electron chi connectivity index (χ4n) is 2.95. The van der Waals surface area contributed by atoms with Crippen molar-refractivity contribution in [2.75, 3.05) is 5.32 Å². The van der Waals surface area contributed by atoms with Crippen molar-refractivity contribution >= 4 is 5.82 Å². The van der Waals surface area contributed by atoms with Crippen LogP contribution in [0, 0.1) is 5.92 Å². The molecule has 1 saturated carbocycles. The minimum atomic E-state index is -4.35. The highest BCUT2D eigenvalue weighted by atomic mass is 19.4. The van der Waals surface area contributed by atoms with Crippen LogP contribution in [0.5, 0.6) is 0 Å². The van der Waals surface area contributed by atoms with Gasteiger partial charge in [0.15, 0.2) is 0 Å². The van der Waals surface area contributed by atoms with Gasteiger partial charge in [0.1, 0.15) is 5.82 Å². The summed E-state index contributed by atoms with van der Waals surface area (Å²) < 4.78 is 38.7. The van der Waals surface area contributed by atoms with Crippen molar-refractivity contribution in [3.05, 3.63) is 23.9 Å². The van der Waals surface area contributed by atoms with Gasteiger partial charge < -0.3 is 5.32 Å². The second kappa shape index (κ2) is 6.46. The molecule has 0 atom stereocenters. The van der Waals surface area contributed by atoms with Crippen molar-refractivity contribution in [1.29, 1.82) is 0 Å². The zero-order valence-electron chi connectivity index (χ0n) is 11.7. The summed E-state index contributed by atoms with van der Waals surface area (Å²) in [6, 6.07) is 2.52. The SMILES string of the molecule is CCCC1CCC(Nc2ncccc2C(F)(F)F)CC1. The van der Waals surface area contributed by atoms with E-state index in [1.165, 1.54) is 25.1 Å². The first kappa shape index (κ1) is 15.1. The van der Waals surface area contributed by atoms with E-state index in [0.29, 0.717) is 0 Å². The molecule has 0 aliphatic heterocycles. The zero-order valence-corrected chi connectivity index (χ0v) is 11.7. The van der Waals surface area contributed by atoms with Crippen molar-refractivity contribution in [1.82, 2.24) is 4.98 Å². The van der Waals surface area contributed by atoms with E-state index in [0.717, 1.165) is 37.7 Å². The molecular formula is C15H21F3N2. The third-order valence-electron chi connectivity index (χ3n) is 4.00. The Balaban J connectivity index is 1.98. The van der Waals surface area contributed by atoms with E-state index in [9.17, 15) is 13.2 Å². The largest absolute Gasteiger partial charge is 0.419 e. The molecule has 1 aliphatic rings. The third-order valence-corrected chi connectivity index (χ3v) is 4.00. The smallest absolute Gasteiger partial charge is 0.367 e. The van der Waals surface area contributed by atoms with Gasteiger partial charge in [-0.3, -0.25) is 0 Å². The van der Waals surface area contributed by atoms with E-state index in [1.54, 1.807) is 0 Å². The van der Waals surface area contributed by atoms with E-state index >= 15 is 0 Å². The summed E-state index contributed by atoms with van der Waals surface area (Å²) in [5.74, 6) is 0.711. The van der Waals surface area contributed by atoms with E-state index in [4.69, 9.17) is 0 Å². The van der Waals surface area contributed by atoms with Crippen LogP contribution in [0.2, 0.25) is 0 Å². The minimum absolute atomic E-state index is 0.0288. The van der Waals surface area contributed by atoms with Crippen LogP contribution in [0.1, 0.15) is 51.0 Å². The molecule has 1 aliphatic carbocycles. The van der Waals surface area contributed by atoms with Crippen LogP contribution in [0.25, 0.3) is 0 Å². The van der Waals surface area contributed by atoms with E-state index in [2.05, 4.69) is 17.2 Å². The maximum atomic E-state index is 12.9. The van der Waals surface area contributed by atoms with Crippen LogP contribution in [0.3, 0.4) is 0 Å². The van der Waals surface area contributed by atoms with Crippen LogP contribution in [0.15, 0.2) is 18.3 Å². The molecule has 1 aromatic rings. The molecule has 0 amide bonds. The molecule has 0 spiro atoms. The Morgan fingerprint density at radius 2 is 1.95 bits per heavy atom. The number of nitrogens with one attached hydrogen (secondary N) is 1. The van der Waals surface area contributed by atoms with Crippen LogP contribution >= 0.6 is 0 Å². The molecule has 5 heteroatoms. The van der Waals surface area contributed by atoms with Crippen LogP contribution < -0.4 is 5.32 Å². The molecular weight excluding hydrogens is 265 g/mol. The average Bonchev–Trinajstić information content (AvgIpc) is 2.41. The number of halogens is 3. The Hall–Kier alpha value is -1.26. The molecule has 1 aromatic heterocycles. The lowest BCUT2D eigenvalue weighted by Crippen LogP contribution is -2.27. The minimum Gasteiger partial charge on any atom is -0.367 e. The molecule has 1 fully saturated rings. The van der Waals surface area contributed by atoms with Crippen molar-refractivity contribution in [2.24, 2.45) is 5.92 Å². The number of hydrogen-bond acceptors (Lipinski definition) is 2. The quantitative estimate of drug-likeness (QED) is 0.854. The van der Waals surface area contributed by atoms with Crippen LogP contribution in [-0.4, -0.2) is 11.0 Å². The molecule has 2 rings (SSSR count). The number of aromatic nitrogens is 1. The molecule has 0 aromatic carbocycles. The fourth-order valence-corrected chi connectivity index (χ4v) is 2.95. The van der Waals surface area contributed by atoms with Gasteiger partial charge in [0, 0.05) is 12.2 Å². The van der Waals surface area contributed by atoms with Crippen molar-refractivity contribution in [3.63, 3.8) is 0 Å². The van der Waals surface area contributed by atoms with Gasteiger partial charge in [-0.25, -0.2) is 4.98 Å². The Labute approximate surface area is 117 Å². The lowest BCUT2D eigenvalue weighted by Gasteiger charge is -2.30. The Morgan fingerprint density at radius 3 is 2.55 bits per heavy atom. The molecule has 2 nitrogen and oxygen atoms in total. The normalized spacial score (nSPS) is 23.6. The predicted octanol–water partition coefficient (Wildman–Crippen LogP) is 4.87. The standard InChI is InChI=1S/C15H21F3N2/c1-2-4-11-6-8-12(9-7-11)20-14-13(15(16,17)18)5-3-10-19-14/h3,5,10-12H,2,4,6-9H2,1H3,(H,19,20). The maximum Gasteiger partial charge on any atom is 0.419 e. The van der Waals surface area contributed by atoms with Gasteiger partial charge in [-0.2, -0.15) is 13.2 Å². The number of alkyl halides is 3. The Kier molecular flexibility index (Phi) is 4.89. The highest BCUT2D eigenvalue weighted by Gasteiger charge is 2.34. The fraction of sp³-hybridized carbons (Fsp3) is 0.667. The number of nitrogens with zero attached hydrogens (tertiary/aromatic N) is 1. The summed E-state index contributed by atoms with van der Waals surface area (Å²) in [7, 11) is 0. The van der Waals surface area contributed by atoms with Gasteiger partial charge >= 0.3 is 6.18 Å². The number of rotatable bonds is 4. The summed E-state index contributed by atoms with van der Waals surface area (Å²) in [5.41, 5.74) is -0.671. The van der Waals surface area contributed by atoms with Gasteiger partial charge in [-0.05, 0) is 43.7 Å². The lowest BCUT2D eigenvalue weighted by molar-refractivity contribution is -0.137. The Bertz CT molecular complexity index is 423. The van der Waals surface area contributed by atoms with E-state index < -0.39 is 11.7 Å². The second-order valence-corrected chi connectivity index (χ2v) is 5.55. The highest BCUT2D eigenvalue weighted by Crippen LogP contribution is 2.35. The molecule has 0 saturated heterocycles. The summed E-state index contributed by atoms with van der Waals surface area (Å²) in [6.45, 7) is 2.17. The number of hydrogen-bond donors (Lipinski definition) is 1. The lowest BCUT2D eigenvalue weighted by atomic mass is 9.83. The van der Waals surface area contributed by atoms with Gasteiger partial charge in [0.25, 0.3) is 0 Å². The summed E-state index contributed by atoms with van der Waals surface area (Å²) in [5, 5.41) is 2.99. The van der Waals surface area contributed by atoms with Crippen LogP contribution in [0.4, 0.5) is 19.0 Å². The molecule has 1 heterocycles. The Morgan fingerprint density at radius 1 is 1.25 bits per heavy atom. The van der Waals surface area contributed by atoms with Gasteiger partial charge in [-0.1, -0.05) is 19.8 Å². The second-order valence-electron chi connectivity index (χ2n) is 5.55.